The quantitative estimate of drug-likeness (QED) is 0.765. The lowest BCUT2D eigenvalue weighted by atomic mass is 10.2. The summed E-state index contributed by atoms with van der Waals surface area (Å²) in [6.07, 6.45) is 0. The van der Waals surface area contributed by atoms with Gasteiger partial charge in [0.2, 0.25) is 0 Å². The van der Waals surface area contributed by atoms with Crippen molar-refractivity contribution in [1.82, 2.24) is 9.55 Å². The fourth-order valence-corrected chi connectivity index (χ4v) is 2.78. The lowest BCUT2D eigenvalue weighted by molar-refractivity contribution is 0.796. The molecule has 3 rings (SSSR count). The van der Waals surface area contributed by atoms with Crippen molar-refractivity contribution in [3.05, 3.63) is 46.9 Å². The lowest BCUT2D eigenvalue weighted by Gasteiger charge is -2.07. The Labute approximate surface area is 126 Å². The molecule has 0 spiro atoms. The van der Waals surface area contributed by atoms with Gasteiger partial charge in [-0.25, -0.2) is 4.98 Å². The van der Waals surface area contributed by atoms with Crippen LogP contribution in [0.15, 0.2) is 46.9 Å². The number of fused-ring (bicyclic) bond motifs is 1. The molecule has 0 amide bonds. The van der Waals surface area contributed by atoms with Crippen LogP contribution in [0, 0.1) is 0 Å². The third kappa shape index (κ3) is 2.20. The summed E-state index contributed by atoms with van der Waals surface area (Å²) in [4.78, 5) is 4.78. The Balaban J connectivity index is 2.18. The summed E-state index contributed by atoms with van der Waals surface area (Å²) in [6.45, 7) is 3.05. The monoisotopic (exact) mass is 329 g/mol. The zero-order valence-electron chi connectivity index (χ0n) is 11.5. The second-order valence-electron chi connectivity index (χ2n) is 4.64. The second kappa shape index (κ2) is 5.29. The molecule has 0 aliphatic carbocycles. The number of aromatic nitrogens is 2. The molecule has 0 bridgehead atoms. The zero-order valence-corrected chi connectivity index (χ0v) is 13.1. The maximum Gasteiger partial charge on any atom is 0.141 e. The van der Waals surface area contributed by atoms with E-state index in [1.807, 2.05) is 7.05 Å². The van der Waals surface area contributed by atoms with Crippen LogP contribution in [0.3, 0.4) is 0 Å². The van der Waals surface area contributed by atoms with E-state index in [0.29, 0.717) is 0 Å². The van der Waals surface area contributed by atoms with Gasteiger partial charge in [0, 0.05) is 29.3 Å². The SMILES string of the molecule is CCn1c(-c2ccc(NC)cc2)nc2cc(Br)ccc21. The first kappa shape index (κ1) is 13.2. The van der Waals surface area contributed by atoms with E-state index in [2.05, 4.69) is 75.2 Å². The van der Waals surface area contributed by atoms with E-state index in [1.54, 1.807) is 0 Å². The zero-order chi connectivity index (χ0) is 14.1. The van der Waals surface area contributed by atoms with Crippen molar-refractivity contribution in [2.75, 3.05) is 12.4 Å². The maximum absolute atomic E-state index is 4.78. The minimum Gasteiger partial charge on any atom is -0.388 e. The number of halogens is 1. The highest BCUT2D eigenvalue weighted by Crippen LogP contribution is 2.27. The summed E-state index contributed by atoms with van der Waals surface area (Å²) in [5.41, 5.74) is 4.44. The van der Waals surface area contributed by atoms with E-state index >= 15 is 0 Å². The molecule has 1 aromatic heterocycles. The van der Waals surface area contributed by atoms with Crippen molar-refractivity contribution in [2.45, 2.75) is 13.5 Å². The highest BCUT2D eigenvalue weighted by atomic mass is 79.9. The summed E-state index contributed by atoms with van der Waals surface area (Å²) >= 11 is 3.51. The van der Waals surface area contributed by atoms with E-state index in [4.69, 9.17) is 4.98 Å². The molecule has 3 nitrogen and oxygen atoms in total. The molecule has 1 N–H and O–H groups in total. The Morgan fingerprint density at radius 2 is 1.90 bits per heavy atom. The smallest absolute Gasteiger partial charge is 0.141 e. The number of hydrogen-bond acceptors (Lipinski definition) is 2. The third-order valence-electron chi connectivity index (χ3n) is 3.46. The van der Waals surface area contributed by atoms with Crippen molar-refractivity contribution < 1.29 is 0 Å². The number of anilines is 1. The minimum absolute atomic E-state index is 0.904. The van der Waals surface area contributed by atoms with Gasteiger partial charge >= 0.3 is 0 Å². The van der Waals surface area contributed by atoms with Gasteiger partial charge in [0.1, 0.15) is 5.82 Å². The van der Waals surface area contributed by atoms with E-state index in [1.165, 1.54) is 5.52 Å². The molecule has 1 heterocycles. The van der Waals surface area contributed by atoms with E-state index in [-0.39, 0.29) is 0 Å². The van der Waals surface area contributed by atoms with Crippen molar-refractivity contribution in [3.63, 3.8) is 0 Å². The predicted octanol–water partition coefficient (Wildman–Crippen LogP) is 4.53. The van der Waals surface area contributed by atoms with Crippen molar-refractivity contribution in [2.24, 2.45) is 0 Å². The predicted molar refractivity (Wildman–Crippen MR) is 88.1 cm³/mol. The standard InChI is InChI=1S/C16H16BrN3/c1-3-20-15-9-6-12(17)10-14(15)19-16(20)11-4-7-13(18-2)8-5-11/h4-10,18H,3H2,1-2H3. The van der Waals surface area contributed by atoms with Crippen molar-refractivity contribution in [1.29, 1.82) is 0 Å². The van der Waals surface area contributed by atoms with Gasteiger partial charge in [-0.15, -0.1) is 0 Å². The topological polar surface area (TPSA) is 29.9 Å². The fraction of sp³-hybridized carbons (Fsp3) is 0.188. The van der Waals surface area contributed by atoms with Crippen LogP contribution in [0.2, 0.25) is 0 Å². The molecule has 0 fully saturated rings. The molecular weight excluding hydrogens is 314 g/mol. The first-order chi connectivity index (χ1) is 9.72. The highest BCUT2D eigenvalue weighted by Gasteiger charge is 2.11. The average Bonchev–Trinajstić information content (AvgIpc) is 2.84. The molecule has 20 heavy (non-hydrogen) atoms. The molecule has 0 aliphatic heterocycles. The molecular formula is C16H16BrN3. The number of nitrogens with zero attached hydrogens (tertiary/aromatic N) is 2. The van der Waals surface area contributed by atoms with Crippen LogP contribution >= 0.6 is 15.9 Å². The highest BCUT2D eigenvalue weighted by molar-refractivity contribution is 9.10. The van der Waals surface area contributed by atoms with Crippen molar-refractivity contribution in [3.8, 4) is 11.4 Å². The average molecular weight is 330 g/mol. The molecule has 0 atom stereocenters. The van der Waals surface area contributed by atoms with Gasteiger partial charge < -0.3 is 9.88 Å². The van der Waals surface area contributed by atoms with Crippen LogP contribution in [-0.2, 0) is 6.54 Å². The molecule has 0 unspecified atom stereocenters. The first-order valence-electron chi connectivity index (χ1n) is 6.67. The van der Waals surface area contributed by atoms with Gasteiger partial charge in [-0.2, -0.15) is 0 Å². The summed E-state index contributed by atoms with van der Waals surface area (Å²) < 4.78 is 3.30. The molecule has 0 aliphatic rings. The summed E-state index contributed by atoms with van der Waals surface area (Å²) in [5, 5.41) is 3.13. The number of imidazole rings is 1. The lowest BCUT2D eigenvalue weighted by Crippen LogP contribution is -1.97. The number of benzene rings is 2. The Morgan fingerprint density at radius 1 is 1.15 bits per heavy atom. The Morgan fingerprint density at radius 3 is 2.55 bits per heavy atom. The van der Waals surface area contributed by atoms with Gasteiger partial charge in [0.25, 0.3) is 0 Å². The van der Waals surface area contributed by atoms with Gasteiger partial charge in [-0.05, 0) is 49.4 Å². The fourth-order valence-electron chi connectivity index (χ4n) is 2.43. The third-order valence-corrected chi connectivity index (χ3v) is 3.95. The Bertz CT molecular complexity index is 744. The molecule has 102 valence electrons. The van der Waals surface area contributed by atoms with Crippen LogP contribution in [0.1, 0.15) is 6.92 Å². The number of aryl methyl sites for hydroxylation is 1. The van der Waals surface area contributed by atoms with Crippen LogP contribution in [-0.4, -0.2) is 16.6 Å². The van der Waals surface area contributed by atoms with Gasteiger partial charge in [-0.3, -0.25) is 0 Å². The Kier molecular flexibility index (Phi) is 3.49. The molecule has 2 aromatic carbocycles. The molecule has 0 saturated carbocycles. The van der Waals surface area contributed by atoms with E-state index < -0.39 is 0 Å². The van der Waals surface area contributed by atoms with Gasteiger partial charge in [0.15, 0.2) is 0 Å². The molecule has 4 heteroatoms. The van der Waals surface area contributed by atoms with Crippen LogP contribution in [0.25, 0.3) is 22.4 Å². The van der Waals surface area contributed by atoms with Gasteiger partial charge in [-0.1, -0.05) is 15.9 Å². The summed E-state index contributed by atoms with van der Waals surface area (Å²) in [7, 11) is 1.92. The van der Waals surface area contributed by atoms with Crippen molar-refractivity contribution >= 4 is 32.7 Å². The number of hydrogen-bond donors (Lipinski definition) is 1. The minimum atomic E-state index is 0.904. The molecule has 0 saturated heterocycles. The first-order valence-corrected chi connectivity index (χ1v) is 7.46. The molecule has 3 aromatic rings. The normalized spacial score (nSPS) is 10.9. The maximum atomic E-state index is 4.78. The summed E-state index contributed by atoms with van der Waals surface area (Å²) in [6, 6.07) is 14.6. The van der Waals surface area contributed by atoms with Crippen LogP contribution < -0.4 is 5.32 Å². The van der Waals surface area contributed by atoms with Gasteiger partial charge in [0.05, 0.1) is 11.0 Å². The number of nitrogens with one attached hydrogen (secondary N) is 1. The summed E-state index contributed by atoms with van der Waals surface area (Å²) in [5.74, 6) is 1.02. The van der Waals surface area contributed by atoms with Crippen LogP contribution in [0.5, 0.6) is 0 Å². The van der Waals surface area contributed by atoms with E-state index in [0.717, 1.165) is 33.6 Å². The van der Waals surface area contributed by atoms with Crippen LogP contribution in [0.4, 0.5) is 5.69 Å². The molecule has 0 radical (unpaired) electrons. The largest absolute Gasteiger partial charge is 0.388 e. The second-order valence-corrected chi connectivity index (χ2v) is 5.56. The van der Waals surface area contributed by atoms with E-state index in [9.17, 15) is 0 Å². The Hall–Kier alpha value is -1.81. The number of rotatable bonds is 3.